The highest BCUT2D eigenvalue weighted by Gasteiger charge is 2.16. The number of aromatic nitrogens is 1. The fraction of sp³-hybridized carbons (Fsp3) is 0.286. The van der Waals surface area contributed by atoms with Gasteiger partial charge < -0.3 is 4.74 Å². The van der Waals surface area contributed by atoms with Crippen LogP contribution in [0.3, 0.4) is 0 Å². The molecular weight excluding hydrogens is 306 g/mol. The van der Waals surface area contributed by atoms with Gasteiger partial charge in [0.2, 0.25) is 5.91 Å². The summed E-state index contributed by atoms with van der Waals surface area (Å²) < 4.78 is 5.47. The summed E-state index contributed by atoms with van der Waals surface area (Å²) in [6, 6.07) is 6.18. The van der Waals surface area contributed by atoms with Gasteiger partial charge in [-0.3, -0.25) is 19.8 Å². The number of anilines is 1. The summed E-state index contributed by atoms with van der Waals surface area (Å²) in [6.45, 7) is 3.99. The standard InChI is InChI=1S/C14H15N3O4S/c1-3-16(10(2)18)14-15-11(9-22-14)8-21-13-7-5-4-6-12(13)17(19)20/h4-7,9H,3,8H2,1-2H3. The Balaban J connectivity index is 2.09. The number of hydrogen-bond donors (Lipinski definition) is 0. The molecule has 0 saturated carbocycles. The molecule has 0 spiro atoms. The lowest BCUT2D eigenvalue weighted by Gasteiger charge is -2.14. The number of rotatable bonds is 6. The van der Waals surface area contributed by atoms with Gasteiger partial charge >= 0.3 is 5.69 Å². The Kier molecular flexibility index (Phi) is 5.05. The van der Waals surface area contributed by atoms with Crippen molar-refractivity contribution in [2.24, 2.45) is 0 Å². The molecule has 1 amide bonds. The van der Waals surface area contributed by atoms with Crippen LogP contribution in [0.4, 0.5) is 10.8 Å². The summed E-state index contributed by atoms with van der Waals surface area (Å²) in [5, 5.41) is 13.3. The third-order valence-corrected chi connectivity index (χ3v) is 3.82. The smallest absolute Gasteiger partial charge is 0.310 e. The number of para-hydroxylation sites is 2. The van der Waals surface area contributed by atoms with E-state index in [1.165, 1.54) is 24.3 Å². The maximum atomic E-state index is 11.5. The third kappa shape index (κ3) is 3.59. The van der Waals surface area contributed by atoms with Gasteiger partial charge in [0.15, 0.2) is 10.9 Å². The lowest BCUT2D eigenvalue weighted by atomic mass is 10.3. The highest BCUT2D eigenvalue weighted by atomic mass is 32.1. The zero-order chi connectivity index (χ0) is 16.1. The molecule has 0 N–H and O–H groups in total. The largest absolute Gasteiger partial charge is 0.480 e. The predicted octanol–water partition coefficient (Wildman–Crippen LogP) is 3.00. The van der Waals surface area contributed by atoms with Gasteiger partial charge in [0.25, 0.3) is 0 Å². The number of nitro benzene ring substituents is 1. The van der Waals surface area contributed by atoms with Crippen molar-refractivity contribution in [2.75, 3.05) is 11.4 Å². The van der Waals surface area contributed by atoms with E-state index in [0.29, 0.717) is 17.4 Å². The van der Waals surface area contributed by atoms with Gasteiger partial charge in [-0.15, -0.1) is 11.3 Å². The van der Waals surface area contributed by atoms with Crippen LogP contribution in [-0.2, 0) is 11.4 Å². The van der Waals surface area contributed by atoms with Crippen LogP contribution in [0.5, 0.6) is 5.75 Å². The number of nitro groups is 1. The first-order chi connectivity index (χ1) is 10.5. The summed E-state index contributed by atoms with van der Waals surface area (Å²) in [6.07, 6.45) is 0. The lowest BCUT2D eigenvalue weighted by molar-refractivity contribution is -0.385. The Morgan fingerprint density at radius 2 is 2.18 bits per heavy atom. The van der Waals surface area contributed by atoms with E-state index in [1.807, 2.05) is 6.92 Å². The second kappa shape index (κ2) is 6.99. The molecule has 22 heavy (non-hydrogen) atoms. The molecule has 2 aromatic rings. The average molecular weight is 321 g/mol. The number of benzene rings is 1. The van der Waals surface area contributed by atoms with E-state index in [-0.39, 0.29) is 24.0 Å². The van der Waals surface area contributed by atoms with Crippen LogP contribution in [0.15, 0.2) is 29.6 Å². The number of ether oxygens (including phenoxy) is 1. The molecule has 0 saturated heterocycles. The van der Waals surface area contributed by atoms with Crippen molar-refractivity contribution in [2.45, 2.75) is 20.5 Å². The summed E-state index contributed by atoms with van der Waals surface area (Å²) in [5.74, 6) is 0.115. The first-order valence-electron chi connectivity index (χ1n) is 6.61. The van der Waals surface area contributed by atoms with Crippen molar-refractivity contribution in [3.63, 3.8) is 0 Å². The van der Waals surface area contributed by atoms with Crippen LogP contribution >= 0.6 is 11.3 Å². The van der Waals surface area contributed by atoms with Crippen LogP contribution < -0.4 is 9.64 Å². The second-order valence-electron chi connectivity index (χ2n) is 4.40. The molecule has 0 unspecified atom stereocenters. The molecule has 1 heterocycles. The zero-order valence-corrected chi connectivity index (χ0v) is 13.0. The molecule has 0 aliphatic heterocycles. The number of carbonyl (C=O) groups excluding carboxylic acids is 1. The van der Waals surface area contributed by atoms with Gasteiger partial charge in [0, 0.05) is 24.9 Å². The Labute approximate surface area is 131 Å². The molecule has 0 fully saturated rings. The normalized spacial score (nSPS) is 10.3. The number of thiazole rings is 1. The fourth-order valence-electron chi connectivity index (χ4n) is 1.86. The first-order valence-corrected chi connectivity index (χ1v) is 7.49. The van der Waals surface area contributed by atoms with E-state index in [0.717, 1.165) is 0 Å². The summed E-state index contributed by atoms with van der Waals surface area (Å²) >= 11 is 1.34. The van der Waals surface area contributed by atoms with Gasteiger partial charge in [-0.2, -0.15) is 0 Å². The van der Waals surface area contributed by atoms with Crippen LogP contribution in [0.1, 0.15) is 19.5 Å². The average Bonchev–Trinajstić information content (AvgIpc) is 2.94. The highest BCUT2D eigenvalue weighted by Crippen LogP contribution is 2.27. The van der Waals surface area contributed by atoms with Gasteiger partial charge in [-0.05, 0) is 13.0 Å². The van der Waals surface area contributed by atoms with Crippen LogP contribution in [-0.4, -0.2) is 22.4 Å². The molecule has 7 nitrogen and oxygen atoms in total. The van der Waals surface area contributed by atoms with Crippen molar-refractivity contribution < 1.29 is 14.5 Å². The van der Waals surface area contributed by atoms with Gasteiger partial charge in [-0.25, -0.2) is 4.98 Å². The maximum Gasteiger partial charge on any atom is 0.310 e. The monoisotopic (exact) mass is 321 g/mol. The third-order valence-electron chi connectivity index (χ3n) is 2.90. The lowest BCUT2D eigenvalue weighted by Crippen LogP contribution is -2.27. The fourth-order valence-corrected chi connectivity index (χ4v) is 2.78. The van der Waals surface area contributed by atoms with E-state index in [2.05, 4.69) is 4.98 Å². The number of hydrogen-bond acceptors (Lipinski definition) is 6. The minimum Gasteiger partial charge on any atom is -0.480 e. The van der Waals surface area contributed by atoms with Crippen molar-refractivity contribution in [1.82, 2.24) is 4.98 Å². The molecule has 0 atom stereocenters. The van der Waals surface area contributed by atoms with E-state index >= 15 is 0 Å². The van der Waals surface area contributed by atoms with Crippen LogP contribution in [0, 0.1) is 10.1 Å². The van der Waals surface area contributed by atoms with Crippen molar-refractivity contribution >= 4 is 28.1 Å². The van der Waals surface area contributed by atoms with Gasteiger partial charge in [0.1, 0.15) is 6.61 Å². The predicted molar refractivity (Wildman–Crippen MR) is 83.2 cm³/mol. The zero-order valence-electron chi connectivity index (χ0n) is 12.2. The maximum absolute atomic E-state index is 11.5. The second-order valence-corrected chi connectivity index (χ2v) is 5.23. The molecule has 1 aromatic carbocycles. The summed E-state index contributed by atoms with van der Waals surface area (Å²) in [5.41, 5.74) is 0.537. The molecule has 0 bridgehead atoms. The first kappa shape index (κ1) is 15.9. The van der Waals surface area contributed by atoms with Crippen molar-refractivity contribution in [3.8, 4) is 5.75 Å². The molecule has 116 valence electrons. The van der Waals surface area contributed by atoms with E-state index in [1.54, 1.807) is 28.5 Å². The minimum atomic E-state index is -0.490. The van der Waals surface area contributed by atoms with Crippen LogP contribution in [0.25, 0.3) is 0 Å². The summed E-state index contributed by atoms with van der Waals surface area (Å²) in [4.78, 5) is 27.8. The van der Waals surface area contributed by atoms with Crippen LogP contribution in [0.2, 0.25) is 0 Å². The minimum absolute atomic E-state index is 0.0805. The Morgan fingerprint density at radius 1 is 1.45 bits per heavy atom. The number of nitrogens with zero attached hydrogens (tertiary/aromatic N) is 3. The Bertz CT molecular complexity index is 686. The van der Waals surface area contributed by atoms with E-state index in [4.69, 9.17) is 4.74 Å². The number of amides is 1. The van der Waals surface area contributed by atoms with Crippen molar-refractivity contribution in [3.05, 3.63) is 45.5 Å². The van der Waals surface area contributed by atoms with Gasteiger partial charge in [-0.1, -0.05) is 12.1 Å². The molecule has 0 aliphatic carbocycles. The molecule has 0 aliphatic rings. The molecule has 2 rings (SSSR count). The van der Waals surface area contributed by atoms with Crippen molar-refractivity contribution in [1.29, 1.82) is 0 Å². The molecule has 0 radical (unpaired) electrons. The Hall–Kier alpha value is -2.48. The quantitative estimate of drug-likeness (QED) is 0.603. The topological polar surface area (TPSA) is 85.6 Å². The highest BCUT2D eigenvalue weighted by molar-refractivity contribution is 7.14. The molecule has 1 aromatic heterocycles. The Morgan fingerprint density at radius 3 is 2.82 bits per heavy atom. The molecular formula is C14H15N3O4S. The SMILES string of the molecule is CCN(C(C)=O)c1nc(COc2ccccc2[N+](=O)[O-])cs1. The number of carbonyl (C=O) groups is 1. The molecule has 8 heteroatoms. The van der Waals surface area contributed by atoms with E-state index < -0.39 is 4.92 Å². The summed E-state index contributed by atoms with van der Waals surface area (Å²) in [7, 11) is 0. The van der Waals surface area contributed by atoms with Gasteiger partial charge in [0.05, 0.1) is 10.6 Å². The van der Waals surface area contributed by atoms with E-state index in [9.17, 15) is 14.9 Å².